The average Bonchev–Trinajstić information content (AvgIpc) is 2.16. The third-order valence-corrected chi connectivity index (χ3v) is 2.07. The highest BCUT2D eigenvalue weighted by molar-refractivity contribution is 5.52. The average molecular weight is 172 g/mol. The number of hydrogen-bond donors (Lipinski definition) is 0. The molecule has 0 saturated carbocycles. The molecule has 0 aliphatic rings. The summed E-state index contributed by atoms with van der Waals surface area (Å²) in [4.78, 5) is 0. The molecule has 0 aliphatic carbocycles. The molecule has 0 nitrogen and oxygen atoms in total. The maximum Gasteiger partial charge on any atom is -0.0256 e. The van der Waals surface area contributed by atoms with Crippen LogP contribution in [0.3, 0.4) is 0 Å². The topological polar surface area (TPSA) is 0 Å². The van der Waals surface area contributed by atoms with Crippen molar-refractivity contribution in [2.45, 2.75) is 20.8 Å². The van der Waals surface area contributed by atoms with Crippen molar-refractivity contribution >= 4 is 6.08 Å². The van der Waals surface area contributed by atoms with E-state index < -0.39 is 0 Å². The van der Waals surface area contributed by atoms with Gasteiger partial charge in [-0.1, -0.05) is 53.6 Å². The van der Waals surface area contributed by atoms with Gasteiger partial charge in [-0.2, -0.15) is 0 Å². The molecule has 0 fully saturated rings. The van der Waals surface area contributed by atoms with Crippen molar-refractivity contribution in [3.8, 4) is 0 Å². The van der Waals surface area contributed by atoms with Gasteiger partial charge in [0.2, 0.25) is 0 Å². The van der Waals surface area contributed by atoms with Crippen molar-refractivity contribution in [3.05, 3.63) is 53.1 Å². The van der Waals surface area contributed by atoms with Crippen LogP contribution in [0, 0.1) is 6.92 Å². The van der Waals surface area contributed by atoms with Crippen LogP contribution in [0.4, 0.5) is 0 Å². The number of allylic oxidation sites excluding steroid dienone is 3. The summed E-state index contributed by atoms with van der Waals surface area (Å²) in [6, 6.07) is 8.53. The van der Waals surface area contributed by atoms with E-state index in [2.05, 4.69) is 63.3 Å². The van der Waals surface area contributed by atoms with E-state index in [4.69, 9.17) is 0 Å². The Hall–Kier alpha value is -1.30. The predicted octanol–water partition coefficient (Wildman–Crippen LogP) is 3.97. The van der Waals surface area contributed by atoms with E-state index in [0.717, 1.165) is 0 Å². The zero-order valence-corrected chi connectivity index (χ0v) is 8.54. The number of aryl methyl sites for hydroxylation is 1. The second-order valence-electron chi connectivity index (χ2n) is 3.28. The normalized spacial score (nSPS) is 12.4. The predicted molar refractivity (Wildman–Crippen MR) is 59.6 cm³/mol. The molecule has 0 radical (unpaired) electrons. The zero-order valence-electron chi connectivity index (χ0n) is 8.54. The van der Waals surface area contributed by atoms with Crippen LogP contribution in [0.2, 0.25) is 0 Å². The molecule has 0 aliphatic heterocycles. The van der Waals surface area contributed by atoms with Gasteiger partial charge in [-0.05, 0) is 26.3 Å². The Balaban J connectivity index is 2.75. The van der Waals surface area contributed by atoms with Crippen molar-refractivity contribution in [2.75, 3.05) is 0 Å². The van der Waals surface area contributed by atoms with Crippen LogP contribution in [0.5, 0.6) is 0 Å². The van der Waals surface area contributed by atoms with Gasteiger partial charge in [0.15, 0.2) is 0 Å². The molecular formula is C13H16. The van der Waals surface area contributed by atoms with Gasteiger partial charge in [0.05, 0.1) is 0 Å². The van der Waals surface area contributed by atoms with E-state index >= 15 is 0 Å². The minimum atomic E-state index is 1.26. The van der Waals surface area contributed by atoms with Gasteiger partial charge in [-0.15, -0.1) is 0 Å². The first-order valence-electron chi connectivity index (χ1n) is 4.60. The summed E-state index contributed by atoms with van der Waals surface area (Å²) >= 11 is 0. The van der Waals surface area contributed by atoms with Crippen molar-refractivity contribution in [1.82, 2.24) is 0 Å². The van der Waals surface area contributed by atoms with Crippen LogP contribution in [-0.2, 0) is 0 Å². The van der Waals surface area contributed by atoms with Gasteiger partial charge in [0.25, 0.3) is 0 Å². The highest BCUT2D eigenvalue weighted by Crippen LogP contribution is 2.06. The van der Waals surface area contributed by atoms with Crippen molar-refractivity contribution in [2.24, 2.45) is 0 Å². The second kappa shape index (κ2) is 4.66. The Kier molecular flexibility index (Phi) is 3.51. The smallest absolute Gasteiger partial charge is 0.0256 e. The lowest BCUT2D eigenvalue weighted by Crippen LogP contribution is -1.73. The highest BCUT2D eigenvalue weighted by Gasteiger charge is 1.85. The molecule has 0 spiro atoms. The van der Waals surface area contributed by atoms with Crippen LogP contribution in [0.25, 0.3) is 6.08 Å². The molecule has 0 atom stereocenters. The Morgan fingerprint density at radius 1 is 1.15 bits per heavy atom. The quantitative estimate of drug-likeness (QED) is 0.592. The van der Waals surface area contributed by atoms with E-state index in [-0.39, 0.29) is 0 Å². The maximum absolute atomic E-state index is 2.13. The molecule has 1 aromatic rings. The molecular weight excluding hydrogens is 156 g/mol. The fraction of sp³-hybridized carbons (Fsp3) is 0.231. The van der Waals surface area contributed by atoms with E-state index in [1.807, 2.05) is 0 Å². The molecule has 68 valence electrons. The van der Waals surface area contributed by atoms with Crippen molar-refractivity contribution in [3.63, 3.8) is 0 Å². The monoisotopic (exact) mass is 172 g/mol. The SMILES string of the molecule is C/C=C(C)/C=C/c1ccc(C)cc1. The van der Waals surface area contributed by atoms with Gasteiger partial charge in [0.1, 0.15) is 0 Å². The Labute approximate surface area is 80.6 Å². The zero-order chi connectivity index (χ0) is 9.68. The van der Waals surface area contributed by atoms with Crippen molar-refractivity contribution < 1.29 is 0 Å². The van der Waals surface area contributed by atoms with Crippen molar-refractivity contribution in [1.29, 1.82) is 0 Å². The van der Waals surface area contributed by atoms with Gasteiger partial charge >= 0.3 is 0 Å². The number of rotatable bonds is 2. The molecule has 1 rings (SSSR count). The molecule has 0 heteroatoms. The summed E-state index contributed by atoms with van der Waals surface area (Å²) in [6.07, 6.45) is 6.37. The Morgan fingerprint density at radius 2 is 1.77 bits per heavy atom. The molecule has 0 bridgehead atoms. The molecule has 0 unspecified atom stereocenters. The second-order valence-corrected chi connectivity index (χ2v) is 3.28. The fourth-order valence-electron chi connectivity index (χ4n) is 1.00. The molecule has 0 amide bonds. The van der Waals surface area contributed by atoms with Crippen LogP contribution in [-0.4, -0.2) is 0 Å². The summed E-state index contributed by atoms with van der Waals surface area (Å²) < 4.78 is 0. The molecule has 0 saturated heterocycles. The summed E-state index contributed by atoms with van der Waals surface area (Å²) in [5, 5.41) is 0. The minimum Gasteiger partial charge on any atom is -0.0847 e. The van der Waals surface area contributed by atoms with Crippen LogP contribution in [0.15, 0.2) is 42.0 Å². The maximum atomic E-state index is 2.13. The molecule has 0 aromatic heterocycles. The first kappa shape index (κ1) is 9.79. The van der Waals surface area contributed by atoms with Crippen LogP contribution >= 0.6 is 0 Å². The third kappa shape index (κ3) is 3.29. The van der Waals surface area contributed by atoms with E-state index in [1.165, 1.54) is 16.7 Å². The summed E-state index contributed by atoms with van der Waals surface area (Å²) in [5.74, 6) is 0. The third-order valence-electron chi connectivity index (χ3n) is 2.07. The molecule has 0 N–H and O–H groups in total. The fourth-order valence-corrected chi connectivity index (χ4v) is 1.00. The molecule has 0 heterocycles. The van der Waals surface area contributed by atoms with Gasteiger partial charge in [-0.3, -0.25) is 0 Å². The van der Waals surface area contributed by atoms with Gasteiger partial charge in [0, 0.05) is 0 Å². The van der Waals surface area contributed by atoms with E-state index in [9.17, 15) is 0 Å². The first-order valence-corrected chi connectivity index (χ1v) is 4.60. The van der Waals surface area contributed by atoms with Gasteiger partial charge < -0.3 is 0 Å². The summed E-state index contributed by atoms with van der Waals surface area (Å²) in [5.41, 5.74) is 3.85. The standard InChI is InChI=1S/C13H16/c1-4-11(2)5-8-13-9-6-12(3)7-10-13/h4-10H,1-3H3/b8-5+,11-4+. The molecule has 1 aromatic carbocycles. The Morgan fingerprint density at radius 3 is 2.31 bits per heavy atom. The largest absolute Gasteiger partial charge is 0.0847 e. The lowest BCUT2D eigenvalue weighted by molar-refractivity contribution is 1.45. The minimum absolute atomic E-state index is 1.26. The van der Waals surface area contributed by atoms with Gasteiger partial charge in [-0.25, -0.2) is 0 Å². The lowest BCUT2D eigenvalue weighted by atomic mass is 10.1. The molecule has 13 heavy (non-hydrogen) atoms. The summed E-state index contributed by atoms with van der Waals surface area (Å²) in [6.45, 7) is 6.25. The van der Waals surface area contributed by atoms with E-state index in [0.29, 0.717) is 0 Å². The van der Waals surface area contributed by atoms with Crippen LogP contribution < -0.4 is 0 Å². The summed E-state index contributed by atoms with van der Waals surface area (Å²) in [7, 11) is 0. The van der Waals surface area contributed by atoms with E-state index in [1.54, 1.807) is 0 Å². The van der Waals surface area contributed by atoms with Crippen LogP contribution in [0.1, 0.15) is 25.0 Å². The first-order chi connectivity index (χ1) is 6.22. The Bertz CT molecular complexity index is 312. The number of benzene rings is 1. The number of hydrogen-bond acceptors (Lipinski definition) is 0. The highest BCUT2D eigenvalue weighted by atomic mass is 13.9. The lowest BCUT2D eigenvalue weighted by Gasteiger charge is -1.94.